The van der Waals surface area contributed by atoms with E-state index in [0.29, 0.717) is 11.3 Å². The third kappa shape index (κ3) is 1.51. The molecule has 2 rings (SSSR count). The predicted molar refractivity (Wildman–Crippen MR) is 55.1 cm³/mol. The lowest BCUT2D eigenvalue weighted by Crippen LogP contribution is -1.89. The second-order valence-electron chi connectivity index (χ2n) is 2.73. The summed E-state index contributed by atoms with van der Waals surface area (Å²) in [5, 5.41) is 2.93. The SMILES string of the molecule is COc1cccc(F)c1-c1cc[c]s1. The Balaban J connectivity index is 2.61. The molecular formula is C11H8FOS. The van der Waals surface area contributed by atoms with Gasteiger partial charge in [0.25, 0.3) is 0 Å². The molecule has 0 atom stereocenters. The monoisotopic (exact) mass is 207 g/mol. The lowest BCUT2D eigenvalue weighted by atomic mass is 10.1. The summed E-state index contributed by atoms with van der Waals surface area (Å²) in [6.07, 6.45) is 0. The Hall–Kier alpha value is -1.35. The molecule has 1 aromatic heterocycles. The number of halogens is 1. The van der Waals surface area contributed by atoms with Gasteiger partial charge in [0.05, 0.1) is 12.7 Å². The molecule has 0 amide bonds. The summed E-state index contributed by atoms with van der Waals surface area (Å²) in [5.74, 6) is 0.293. The first-order chi connectivity index (χ1) is 6.83. The lowest BCUT2D eigenvalue weighted by molar-refractivity contribution is 0.413. The number of benzene rings is 1. The average Bonchev–Trinajstić information content (AvgIpc) is 2.70. The largest absolute Gasteiger partial charge is 0.496 e. The maximum absolute atomic E-state index is 13.5. The molecular weight excluding hydrogens is 199 g/mol. The second-order valence-corrected chi connectivity index (χ2v) is 3.61. The minimum atomic E-state index is -0.264. The van der Waals surface area contributed by atoms with Crippen molar-refractivity contribution in [2.24, 2.45) is 0 Å². The summed E-state index contributed by atoms with van der Waals surface area (Å²) >= 11 is 1.37. The van der Waals surface area contributed by atoms with Crippen LogP contribution in [0.25, 0.3) is 10.4 Å². The van der Waals surface area contributed by atoms with Gasteiger partial charge in [0.15, 0.2) is 0 Å². The van der Waals surface area contributed by atoms with E-state index >= 15 is 0 Å². The average molecular weight is 207 g/mol. The molecule has 0 spiro atoms. The van der Waals surface area contributed by atoms with Gasteiger partial charge >= 0.3 is 0 Å². The van der Waals surface area contributed by atoms with Crippen molar-refractivity contribution in [2.45, 2.75) is 0 Å². The molecule has 14 heavy (non-hydrogen) atoms. The van der Waals surface area contributed by atoms with E-state index in [9.17, 15) is 4.39 Å². The zero-order chi connectivity index (χ0) is 9.97. The number of rotatable bonds is 2. The number of thiophene rings is 1. The highest BCUT2D eigenvalue weighted by Gasteiger charge is 2.11. The van der Waals surface area contributed by atoms with Gasteiger partial charge < -0.3 is 4.74 Å². The van der Waals surface area contributed by atoms with Crippen LogP contribution in [0.2, 0.25) is 0 Å². The number of hydrogen-bond donors (Lipinski definition) is 0. The fourth-order valence-corrected chi connectivity index (χ4v) is 1.99. The van der Waals surface area contributed by atoms with Crippen molar-refractivity contribution in [2.75, 3.05) is 7.11 Å². The van der Waals surface area contributed by atoms with Crippen molar-refractivity contribution < 1.29 is 9.13 Å². The van der Waals surface area contributed by atoms with Gasteiger partial charge in [-0.2, -0.15) is 0 Å². The van der Waals surface area contributed by atoms with E-state index in [1.807, 2.05) is 6.07 Å². The fourth-order valence-electron chi connectivity index (χ4n) is 1.29. The molecule has 2 aromatic rings. The van der Waals surface area contributed by atoms with Gasteiger partial charge in [0.1, 0.15) is 11.6 Å². The van der Waals surface area contributed by atoms with Crippen LogP contribution in [-0.2, 0) is 0 Å². The first-order valence-electron chi connectivity index (χ1n) is 4.11. The molecule has 1 radical (unpaired) electrons. The van der Waals surface area contributed by atoms with E-state index in [1.165, 1.54) is 24.5 Å². The summed E-state index contributed by atoms with van der Waals surface area (Å²) in [5.41, 5.74) is 0.515. The number of hydrogen-bond acceptors (Lipinski definition) is 2. The van der Waals surface area contributed by atoms with Crippen LogP contribution in [0.3, 0.4) is 0 Å². The normalized spacial score (nSPS) is 10.1. The molecule has 3 heteroatoms. The Bertz CT molecular complexity index is 423. The second kappa shape index (κ2) is 3.80. The van der Waals surface area contributed by atoms with Gasteiger partial charge in [-0.1, -0.05) is 6.07 Å². The molecule has 71 valence electrons. The zero-order valence-corrected chi connectivity index (χ0v) is 8.40. The van der Waals surface area contributed by atoms with Gasteiger partial charge in [-0.05, 0) is 24.3 Å². The lowest BCUT2D eigenvalue weighted by Gasteiger charge is -2.06. The maximum atomic E-state index is 13.5. The third-order valence-electron chi connectivity index (χ3n) is 1.91. The minimum absolute atomic E-state index is 0.264. The molecule has 0 bridgehead atoms. The molecule has 0 saturated carbocycles. The molecule has 1 heterocycles. The molecule has 1 aromatic carbocycles. The predicted octanol–water partition coefficient (Wildman–Crippen LogP) is 3.36. The van der Waals surface area contributed by atoms with Crippen LogP contribution in [0.1, 0.15) is 0 Å². The number of methoxy groups -OCH3 is 1. The first-order valence-corrected chi connectivity index (χ1v) is 4.93. The van der Waals surface area contributed by atoms with Gasteiger partial charge in [-0.15, -0.1) is 11.3 Å². The van der Waals surface area contributed by atoms with Crippen molar-refractivity contribution in [1.29, 1.82) is 0 Å². The quantitative estimate of drug-likeness (QED) is 0.733. The van der Waals surface area contributed by atoms with E-state index in [2.05, 4.69) is 5.38 Å². The minimum Gasteiger partial charge on any atom is -0.496 e. The van der Waals surface area contributed by atoms with Crippen LogP contribution in [0, 0.1) is 11.2 Å². The Morgan fingerprint density at radius 1 is 1.36 bits per heavy atom. The van der Waals surface area contributed by atoms with Crippen LogP contribution in [-0.4, -0.2) is 7.11 Å². The highest BCUT2D eigenvalue weighted by molar-refractivity contribution is 7.13. The molecule has 0 aliphatic carbocycles. The standard InChI is InChI=1S/C11H8FOS/c1-13-9-5-2-4-8(12)11(9)10-6-3-7-14-10/h2-6H,1H3. The Labute approximate surface area is 85.8 Å². The summed E-state index contributed by atoms with van der Waals surface area (Å²) in [4.78, 5) is 0.833. The van der Waals surface area contributed by atoms with E-state index in [1.54, 1.807) is 18.2 Å². The van der Waals surface area contributed by atoms with Crippen molar-refractivity contribution in [3.05, 3.63) is 41.5 Å². The summed E-state index contributed by atoms with van der Waals surface area (Å²) in [7, 11) is 1.54. The van der Waals surface area contributed by atoms with Gasteiger partial charge in [-0.3, -0.25) is 0 Å². The van der Waals surface area contributed by atoms with Gasteiger partial charge in [0, 0.05) is 10.3 Å². The molecule has 0 aliphatic heterocycles. The van der Waals surface area contributed by atoms with E-state index in [0.717, 1.165) is 4.88 Å². The summed E-state index contributed by atoms with van der Waals surface area (Å²) in [6, 6.07) is 8.40. The Kier molecular flexibility index (Phi) is 2.50. The molecule has 0 fully saturated rings. The van der Waals surface area contributed by atoms with E-state index in [4.69, 9.17) is 4.74 Å². The van der Waals surface area contributed by atoms with Crippen molar-refractivity contribution in [3.63, 3.8) is 0 Å². The van der Waals surface area contributed by atoms with Crippen LogP contribution >= 0.6 is 11.3 Å². The van der Waals surface area contributed by atoms with Crippen molar-refractivity contribution in [1.82, 2.24) is 0 Å². The van der Waals surface area contributed by atoms with Gasteiger partial charge in [-0.25, -0.2) is 4.39 Å². The van der Waals surface area contributed by atoms with Crippen LogP contribution in [0.5, 0.6) is 5.75 Å². The van der Waals surface area contributed by atoms with Crippen LogP contribution < -0.4 is 4.74 Å². The Morgan fingerprint density at radius 3 is 2.86 bits per heavy atom. The molecule has 1 nitrogen and oxygen atoms in total. The Morgan fingerprint density at radius 2 is 2.21 bits per heavy atom. The van der Waals surface area contributed by atoms with Crippen molar-refractivity contribution >= 4 is 11.3 Å². The highest BCUT2D eigenvalue weighted by atomic mass is 32.1. The molecule has 0 unspecified atom stereocenters. The summed E-state index contributed by atoms with van der Waals surface area (Å²) in [6.45, 7) is 0. The smallest absolute Gasteiger partial charge is 0.135 e. The van der Waals surface area contributed by atoms with E-state index < -0.39 is 0 Å². The maximum Gasteiger partial charge on any atom is 0.135 e. The topological polar surface area (TPSA) is 9.23 Å². The number of ether oxygens (including phenoxy) is 1. The highest BCUT2D eigenvalue weighted by Crippen LogP contribution is 2.34. The van der Waals surface area contributed by atoms with Crippen molar-refractivity contribution in [3.8, 4) is 16.2 Å². The molecule has 0 saturated heterocycles. The fraction of sp³-hybridized carbons (Fsp3) is 0.0909. The third-order valence-corrected chi connectivity index (χ3v) is 2.73. The summed E-state index contributed by atoms with van der Waals surface area (Å²) < 4.78 is 18.6. The van der Waals surface area contributed by atoms with Crippen LogP contribution in [0.15, 0.2) is 30.3 Å². The first kappa shape index (κ1) is 9.21. The zero-order valence-electron chi connectivity index (χ0n) is 7.58. The van der Waals surface area contributed by atoms with Gasteiger partial charge in [0.2, 0.25) is 0 Å². The molecule has 0 N–H and O–H groups in total. The molecule has 0 aliphatic rings. The van der Waals surface area contributed by atoms with Crippen LogP contribution in [0.4, 0.5) is 4.39 Å². The van der Waals surface area contributed by atoms with E-state index in [-0.39, 0.29) is 5.82 Å².